The average molecular weight is 1160 g/mol. The summed E-state index contributed by atoms with van der Waals surface area (Å²) in [7, 11) is 0. The van der Waals surface area contributed by atoms with Crippen LogP contribution in [0.15, 0.2) is 109 Å². The van der Waals surface area contributed by atoms with Crippen LogP contribution in [0.4, 0.5) is 0 Å². The van der Waals surface area contributed by atoms with E-state index >= 15 is 0 Å². The highest BCUT2D eigenvalue weighted by atomic mass is 16.5. The molecule has 10 bridgehead atoms. The molecule has 1 heterocycles. The second kappa shape index (κ2) is 28.5. The monoisotopic (exact) mass is 1160 g/mol. The molecule has 1 aliphatic carbocycles. The van der Waals surface area contributed by atoms with Crippen molar-refractivity contribution in [3.05, 3.63) is 187 Å². The molecule has 0 spiro atoms. The molecule has 9 nitrogen and oxygen atoms in total. The summed E-state index contributed by atoms with van der Waals surface area (Å²) < 4.78 is 7.09. The Bertz CT molecular complexity index is 3990. The number of rotatable bonds is 14. The maximum absolute atomic E-state index is 11.6. The largest absolute Gasteiger partial charge is 0.462 e. The number of terminal acetylenes is 1. The zero-order valence-corrected chi connectivity index (χ0v) is 54.1. The van der Waals surface area contributed by atoms with Crippen molar-refractivity contribution in [1.82, 2.24) is 15.0 Å². The van der Waals surface area contributed by atoms with Crippen LogP contribution in [0.2, 0.25) is 0 Å². The summed E-state index contributed by atoms with van der Waals surface area (Å²) in [4.78, 5) is 11.6. The second-order valence-corrected chi connectivity index (χ2v) is 27.6. The molecule has 0 N–H and O–H groups in total. The smallest absolute Gasteiger partial charge is 0.333 e. The molecule has 0 unspecified atom stereocenters. The number of hydrogen-bond donors (Lipinski definition) is 0. The van der Waals surface area contributed by atoms with E-state index in [9.17, 15) is 25.8 Å². The van der Waals surface area contributed by atoms with Crippen LogP contribution in [0.25, 0.3) is 69.5 Å². The van der Waals surface area contributed by atoms with Crippen LogP contribution in [0.5, 0.6) is 0 Å². The number of benzene rings is 5. The first-order chi connectivity index (χ1) is 41.6. The highest BCUT2D eigenvalue weighted by Gasteiger charge is 2.23. The lowest BCUT2D eigenvalue weighted by atomic mass is 9.82. The van der Waals surface area contributed by atoms with Crippen molar-refractivity contribution in [2.45, 2.75) is 176 Å². The van der Waals surface area contributed by atoms with Gasteiger partial charge in [0.1, 0.15) is 5.69 Å². The predicted molar refractivity (Wildman–Crippen MR) is 364 cm³/mol. The van der Waals surface area contributed by atoms with Crippen LogP contribution >= 0.6 is 0 Å². The minimum atomic E-state index is -0.335. The lowest BCUT2D eigenvalue weighted by molar-refractivity contribution is -0.139. The van der Waals surface area contributed by atoms with Crippen molar-refractivity contribution in [2.24, 2.45) is 0 Å². The van der Waals surface area contributed by atoms with Crippen molar-refractivity contribution >= 4 is 64.2 Å². The van der Waals surface area contributed by atoms with E-state index in [-0.39, 0.29) is 27.6 Å². The van der Waals surface area contributed by atoms with Crippen LogP contribution in [0.1, 0.15) is 226 Å². The third-order valence-corrected chi connectivity index (χ3v) is 15.9. The number of nitrogens with zero attached hydrogens (tertiary/aromatic N) is 7. The second-order valence-electron chi connectivity index (χ2n) is 27.6. The number of unbranched alkanes of at least 4 members (excludes halogenated alkanes) is 8. The van der Waals surface area contributed by atoms with E-state index in [1.807, 2.05) is 89.8 Å². The Morgan fingerprint density at radius 2 is 0.761 bits per heavy atom. The molecular formula is C79H85N7O2. The topological polar surface area (TPSA) is 152 Å². The molecule has 0 radical (unpaired) electrons. The van der Waals surface area contributed by atoms with Crippen molar-refractivity contribution in [3.63, 3.8) is 0 Å². The van der Waals surface area contributed by atoms with Crippen molar-refractivity contribution < 1.29 is 9.53 Å². The Balaban J connectivity index is 1.39. The van der Waals surface area contributed by atoms with Gasteiger partial charge in [-0.15, -0.1) is 11.5 Å². The number of carbonyl (C=O) groups excluding carboxylic acids is 1. The minimum absolute atomic E-state index is 0.285. The molecule has 0 aliphatic heterocycles. The maximum Gasteiger partial charge on any atom is 0.333 e. The van der Waals surface area contributed by atoms with Gasteiger partial charge in [0.25, 0.3) is 0 Å². The Morgan fingerprint density at radius 1 is 0.455 bits per heavy atom. The van der Waals surface area contributed by atoms with Crippen LogP contribution < -0.4 is 0 Å². The number of esters is 1. The summed E-state index contributed by atoms with van der Waals surface area (Å²) in [6.07, 6.45) is 27.6. The summed E-state index contributed by atoms with van der Waals surface area (Å²) in [5, 5.41) is 53.9. The highest BCUT2D eigenvalue weighted by molar-refractivity contribution is 5.98. The van der Waals surface area contributed by atoms with Gasteiger partial charge in [0.2, 0.25) is 0 Å². The van der Waals surface area contributed by atoms with Gasteiger partial charge in [0, 0.05) is 23.3 Å². The fourth-order valence-electron chi connectivity index (χ4n) is 10.5. The van der Waals surface area contributed by atoms with Gasteiger partial charge in [0.05, 0.1) is 59.4 Å². The first kappa shape index (κ1) is 66.2. The number of hydrogen-bond acceptors (Lipinski definition) is 8. The number of allylic oxidation sites excluding steroid dienone is 5. The quantitative estimate of drug-likeness (QED) is 0.0452. The minimum Gasteiger partial charge on any atom is -0.462 e. The zero-order chi connectivity index (χ0) is 64.1. The predicted octanol–water partition coefficient (Wildman–Crippen LogP) is 19.5. The summed E-state index contributed by atoms with van der Waals surface area (Å²) in [6.45, 7) is 32.2. The molecule has 0 amide bonds. The van der Waals surface area contributed by atoms with Gasteiger partial charge in [-0.1, -0.05) is 170 Å². The third kappa shape index (κ3) is 17.9. The number of fused-ring (bicyclic) bond motifs is 10. The van der Waals surface area contributed by atoms with E-state index in [0.717, 1.165) is 119 Å². The van der Waals surface area contributed by atoms with E-state index < -0.39 is 0 Å². The molecule has 448 valence electrons. The fraction of sp³-hybridized carbons (Fsp3) is 0.354. The Labute approximate surface area is 524 Å². The molecule has 9 heteroatoms. The summed E-state index contributed by atoms with van der Waals surface area (Å²) in [6, 6.07) is 40.7. The van der Waals surface area contributed by atoms with Crippen molar-refractivity contribution in [3.8, 4) is 47.9 Å². The van der Waals surface area contributed by atoms with Crippen LogP contribution in [-0.2, 0) is 37.7 Å². The number of nitriles is 4. The molecule has 0 saturated heterocycles. The maximum atomic E-state index is 11.6. The lowest BCUT2D eigenvalue weighted by Gasteiger charge is -2.22. The van der Waals surface area contributed by atoms with E-state index in [2.05, 4.69) is 173 Å². The van der Waals surface area contributed by atoms with Gasteiger partial charge in [-0.2, -0.15) is 21.0 Å². The van der Waals surface area contributed by atoms with E-state index in [4.69, 9.17) is 11.2 Å². The summed E-state index contributed by atoms with van der Waals surface area (Å²) in [5.74, 6) is 2.68. The number of carbonyl (C=O) groups is 1. The SMILES string of the molecule is C#C/C1=C\c2cc(cc(C(C)(C)C)c2)/C(C#N)=C/c2cc(cc(C(C)(C)C)c2)/C(C#N)=C/c2cc(cc(-c3cn(CCCCCCCCCCCOC(=O)C(=C)C)nn3)c2)/C(C#N)=C/c2cc(cc(C(C)(C)C)c2)/C(C#N)=C/c2cc1cc(C(C)(C)C)c2. The van der Waals surface area contributed by atoms with Crippen LogP contribution in [0.3, 0.4) is 0 Å². The standard InChI is InChI=1S/C79H85N7O2/c1-16-59-28-55-31-62(45-71(39-55)77(7,8)9)69(51-83)38-58-33-63(46-73(42-58)79(13,14)15)67(49-81)35-54-29-60(43-65(34-54)74-52-86(85-84-74)26-24-22-20-18-17-19-21-23-25-27-88-75(87)53(2)3)66(48-80)36-57-32-64(47-72(41-57)78(10,11)12)68(50-82)37-56-30-61(59)44-70(40-56)76(4,5)6/h1,28-47,52H,2,17-27H2,3-15H3/b59-28+,66-36+,67-35+,68-37+,69-38+. The number of ether oxygens (including phenoxy) is 1. The molecule has 6 aromatic rings. The Morgan fingerprint density at radius 3 is 1.10 bits per heavy atom. The number of aryl methyl sites for hydroxylation is 1. The van der Waals surface area contributed by atoms with E-state index in [0.29, 0.717) is 74.5 Å². The van der Waals surface area contributed by atoms with E-state index in [1.165, 1.54) is 0 Å². The molecule has 0 saturated carbocycles. The van der Waals surface area contributed by atoms with Gasteiger partial charge in [0.15, 0.2) is 0 Å². The van der Waals surface area contributed by atoms with Gasteiger partial charge < -0.3 is 4.74 Å². The Kier molecular flexibility index (Phi) is 21.4. The molecule has 0 atom stereocenters. The van der Waals surface area contributed by atoms with Gasteiger partial charge >= 0.3 is 5.97 Å². The molecule has 1 aliphatic rings. The van der Waals surface area contributed by atoms with Crippen molar-refractivity contribution in [2.75, 3.05) is 6.61 Å². The summed E-state index contributed by atoms with van der Waals surface area (Å²) >= 11 is 0. The molecule has 5 aromatic carbocycles. The zero-order valence-electron chi connectivity index (χ0n) is 54.1. The average Bonchev–Trinajstić information content (AvgIpc) is 1.65. The molecular weight excluding hydrogens is 1080 g/mol. The van der Waals surface area contributed by atoms with Crippen LogP contribution in [-0.4, -0.2) is 27.6 Å². The normalized spacial score (nSPS) is 16.0. The highest BCUT2D eigenvalue weighted by Crippen LogP contribution is 2.37. The molecule has 1 aromatic heterocycles. The van der Waals surface area contributed by atoms with Gasteiger partial charge in [-0.3, -0.25) is 4.68 Å². The van der Waals surface area contributed by atoms with Crippen LogP contribution in [0, 0.1) is 57.7 Å². The lowest BCUT2D eigenvalue weighted by Crippen LogP contribution is -2.12. The Hall–Kier alpha value is -9.33. The molecule has 88 heavy (non-hydrogen) atoms. The van der Waals surface area contributed by atoms with Gasteiger partial charge in [-0.25, -0.2) is 4.79 Å². The number of aromatic nitrogens is 3. The fourth-order valence-corrected chi connectivity index (χ4v) is 10.5. The van der Waals surface area contributed by atoms with Gasteiger partial charge in [-0.05, 0) is 216 Å². The molecule has 0 fully saturated rings. The first-order valence-corrected chi connectivity index (χ1v) is 30.8. The first-order valence-electron chi connectivity index (χ1n) is 30.8. The molecule has 7 rings (SSSR count). The van der Waals surface area contributed by atoms with E-state index in [1.54, 1.807) is 6.92 Å². The third-order valence-electron chi connectivity index (χ3n) is 15.9. The summed E-state index contributed by atoms with van der Waals surface area (Å²) in [5.41, 5.74) is 14.2. The van der Waals surface area contributed by atoms with Crippen molar-refractivity contribution in [1.29, 1.82) is 21.0 Å².